The molecule has 0 saturated heterocycles. The van der Waals surface area contributed by atoms with E-state index in [4.69, 9.17) is 10.3 Å². The number of esters is 1. The van der Waals surface area contributed by atoms with E-state index in [1.165, 1.54) is 14.0 Å². The predicted octanol–water partition coefficient (Wildman–Crippen LogP) is 6.06. The molecule has 7 heteroatoms. The van der Waals surface area contributed by atoms with E-state index in [9.17, 15) is 14.4 Å². The Balaban J connectivity index is 0.000000326. The molecule has 0 bridgehead atoms. The Morgan fingerprint density at radius 2 is 1.25 bits per heavy atom. The number of nitrogens with zero attached hydrogens (tertiary/aromatic N) is 3. The molecule has 32 heavy (non-hydrogen) atoms. The number of hydrogen-bond acceptors (Lipinski definition) is 5. The second kappa shape index (κ2) is 14.7. The highest BCUT2D eigenvalue weighted by Gasteiger charge is 2.10. The van der Waals surface area contributed by atoms with Gasteiger partial charge in [-0.25, -0.2) is 4.79 Å². The highest BCUT2D eigenvalue weighted by Crippen LogP contribution is 2.12. The third-order valence-corrected chi connectivity index (χ3v) is 4.03. The highest BCUT2D eigenvalue weighted by molar-refractivity contribution is 5.95. The summed E-state index contributed by atoms with van der Waals surface area (Å²) >= 11 is 0. The number of hydrogen-bond donors (Lipinski definition) is 0. The number of carbonyl (C=O) groups excluding carboxylic acids is 3. The first-order valence-electron chi connectivity index (χ1n) is 9.70. The largest absolute Gasteiger partial charge is 0.457 e. The fourth-order valence-electron chi connectivity index (χ4n) is 2.46. The number of carbonyl (C=O) groups is 3. The molecule has 0 saturated carbocycles. The van der Waals surface area contributed by atoms with Crippen LogP contribution in [0.5, 0.6) is 0 Å². The fraction of sp³-hybridized carbons (Fsp3) is 0.160. The molecule has 3 rings (SSSR count). The van der Waals surface area contributed by atoms with Gasteiger partial charge in [-0.05, 0) is 31.5 Å². The van der Waals surface area contributed by atoms with Crippen LogP contribution in [-0.4, -0.2) is 24.6 Å². The number of benzene rings is 3. The highest BCUT2D eigenvalue weighted by atomic mass is 16.5. The van der Waals surface area contributed by atoms with Gasteiger partial charge in [0.2, 0.25) is 0 Å². The minimum Gasteiger partial charge on any atom is -0.457 e. The van der Waals surface area contributed by atoms with Crippen LogP contribution in [0.15, 0.2) is 90.0 Å². The van der Waals surface area contributed by atoms with Crippen molar-refractivity contribution in [1.29, 1.82) is 0 Å². The van der Waals surface area contributed by atoms with Gasteiger partial charge in [-0.15, -0.1) is 0 Å². The van der Waals surface area contributed by atoms with Crippen molar-refractivity contribution >= 4 is 17.5 Å². The monoisotopic (exact) mass is 431 g/mol. The maximum absolute atomic E-state index is 11.8. The van der Waals surface area contributed by atoms with Crippen LogP contribution in [0.3, 0.4) is 0 Å². The molecule has 0 aromatic heterocycles. The van der Waals surface area contributed by atoms with Crippen LogP contribution in [-0.2, 0) is 11.3 Å². The zero-order chi connectivity index (χ0) is 23.8. The van der Waals surface area contributed by atoms with Gasteiger partial charge in [0, 0.05) is 28.6 Å². The number of ether oxygens (including phenoxy) is 1. The van der Waals surface area contributed by atoms with E-state index in [0.29, 0.717) is 11.1 Å². The Morgan fingerprint density at radius 1 is 0.781 bits per heavy atom. The molecule has 3 aromatic carbocycles. The third kappa shape index (κ3) is 9.52. The molecule has 0 amide bonds. The lowest BCUT2D eigenvalue weighted by molar-refractivity contribution is 0.0470. The first kappa shape index (κ1) is 25.8. The number of rotatable bonds is 5. The fourth-order valence-corrected chi connectivity index (χ4v) is 2.46. The summed E-state index contributed by atoms with van der Waals surface area (Å²) in [5.74, 6) is -0.305. The van der Waals surface area contributed by atoms with E-state index < -0.39 is 0 Å². The molecule has 0 fully saturated rings. The Labute approximate surface area is 187 Å². The van der Waals surface area contributed by atoms with Crippen molar-refractivity contribution in [3.8, 4) is 0 Å². The summed E-state index contributed by atoms with van der Waals surface area (Å²) < 4.78 is 5.21. The molecule has 0 N–H and O–H groups in total. The minimum atomic E-state index is -0.390. The first-order valence-corrected chi connectivity index (χ1v) is 9.70. The maximum atomic E-state index is 11.8. The van der Waals surface area contributed by atoms with E-state index in [2.05, 4.69) is 10.0 Å². The van der Waals surface area contributed by atoms with Crippen molar-refractivity contribution in [2.75, 3.05) is 7.05 Å². The van der Waals surface area contributed by atoms with Gasteiger partial charge in [0.1, 0.15) is 6.61 Å². The SMILES string of the molecule is CC(=O)c1ccccc1.CC(=O)c1ccccc1COC(=O)c1ccccc1.CN=[N+]=[N-]. The number of azide groups is 1. The van der Waals surface area contributed by atoms with Gasteiger partial charge >= 0.3 is 5.97 Å². The summed E-state index contributed by atoms with van der Waals surface area (Å²) in [7, 11) is 1.39. The summed E-state index contributed by atoms with van der Waals surface area (Å²) in [4.78, 5) is 36.2. The van der Waals surface area contributed by atoms with Gasteiger partial charge in [-0.3, -0.25) is 9.59 Å². The maximum Gasteiger partial charge on any atom is 0.338 e. The number of Topliss-reactive ketones (excluding diaryl/α,β-unsaturated/α-hetero) is 2. The van der Waals surface area contributed by atoms with E-state index in [1.54, 1.807) is 49.4 Å². The molecule has 3 aromatic rings. The van der Waals surface area contributed by atoms with Gasteiger partial charge in [-0.1, -0.05) is 77.9 Å². The Bertz CT molecular complexity index is 1060. The van der Waals surface area contributed by atoms with E-state index in [1.807, 2.05) is 42.5 Å². The lowest BCUT2D eigenvalue weighted by Gasteiger charge is -2.08. The van der Waals surface area contributed by atoms with Crippen LogP contribution in [0.4, 0.5) is 0 Å². The third-order valence-electron chi connectivity index (χ3n) is 4.03. The van der Waals surface area contributed by atoms with Crippen molar-refractivity contribution in [3.05, 3.63) is 118 Å². The molecule has 0 aliphatic heterocycles. The summed E-state index contributed by atoms with van der Waals surface area (Å²) in [5, 5.41) is 2.92. The van der Waals surface area contributed by atoms with Crippen molar-refractivity contribution in [2.45, 2.75) is 20.5 Å². The van der Waals surface area contributed by atoms with Gasteiger partial charge in [0.15, 0.2) is 11.6 Å². The van der Waals surface area contributed by atoms with Crippen molar-refractivity contribution in [1.82, 2.24) is 0 Å². The summed E-state index contributed by atoms with van der Waals surface area (Å²) in [6.45, 7) is 3.16. The average Bonchev–Trinajstić information content (AvgIpc) is 2.84. The predicted molar refractivity (Wildman–Crippen MR) is 124 cm³/mol. The average molecular weight is 431 g/mol. The van der Waals surface area contributed by atoms with E-state index in [0.717, 1.165) is 11.1 Å². The summed E-state index contributed by atoms with van der Waals surface area (Å²) in [6, 6.07) is 25.1. The van der Waals surface area contributed by atoms with Crippen LogP contribution < -0.4 is 0 Å². The molecule has 0 heterocycles. The lowest BCUT2D eigenvalue weighted by Crippen LogP contribution is -2.07. The Kier molecular flexibility index (Phi) is 11.9. The standard InChI is InChI=1S/C16H14O3.C8H8O.CH3N3/c1-12(17)15-10-6-5-9-14(15)11-19-16(18)13-7-3-2-4-8-13;1-7(9)8-5-3-2-4-6-8;1-3-4-2/h2-10H,11H2,1H3;2-6H,1H3;1H3. The van der Waals surface area contributed by atoms with Gasteiger partial charge in [-0.2, -0.15) is 0 Å². The smallest absolute Gasteiger partial charge is 0.338 e. The quantitative estimate of drug-likeness (QED) is 0.161. The van der Waals surface area contributed by atoms with Gasteiger partial charge in [0.25, 0.3) is 0 Å². The van der Waals surface area contributed by atoms with Crippen molar-refractivity contribution in [3.63, 3.8) is 0 Å². The molecule has 7 nitrogen and oxygen atoms in total. The van der Waals surface area contributed by atoms with Crippen LogP contribution in [0.2, 0.25) is 0 Å². The molecule has 0 unspecified atom stereocenters. The first-order chi connectivity index (χ1) is 15.4. The molecule has 0 radical (unpaired) electrons. The van der Waals surface area contributed by atoms with Crippen LogP contribution in [0.1, 0.15) is 50.5 Å². The van der Waals surface area contributed by atoms with Crippen LogP contribution >= 0.6 is 0 Å². The zero-order valence-corrected chi connectivity index (χ0v) is 18.3. The Morgan fingerprint density at radius 3 is 1.69 bits per heavy atom. The molecule has 0 aliphatic rings. The molecule has 164 valence electrons. The zero-order valence-electron chi connectivity index (χ0n) is 18.3. The van der Waals surface area contributed by atoms with Gasteiger partial charge in [0.05, 0.1) is 5.56 Å². The van der Waals surface area contributed by atoms with E-state index >= 15 is 0 Å². The topological polar surface area (TPSA) is 109 Å². The summed E-state index contributed by atoms with van der Waals surface area (Å²) in [5.41, 5.74) is 9.92. The minimum absolute atomic E-state index is 0.0358. The van der Waals surface area contributed by atoms with Crippen molar-refractivity contribution in [2.24, 2.45) is 5.11 Å². The van der Waals surface area contributed by atoms with Crippen LogP contribution in [0.25, 0.3) is 10.4 Å². The number of ketones is 2. The Hall–Kier alpha value is -4.22. The lowest BCUT2D eigenvalue weighted by atomic mass is 10.1. The molecule has 0 spiro atoms. The second-order valence-electron chi connectivity index (χ2n) is 6.37. The molecule has 0 atom stereocenters. The normalized spacial score (nSPS) is 8.97. The molecular formula is C25H25N3O4. The molecule has 0 aliphatic carbocycles. The van der Waals surface area contributed by atoms with Crippen LogP contribution in [0, 0.1) is 0 Å². The summed E-state index contributed by atoms with van der Waals surface area (Å²) in [6.07, 6.45) is 0. The van der Waals surface area contributed by atoms with E-state index in [-0.39, 0.29) is 24.1 Å². The van der Waals surface area contributed by atoms with Gasteiger partial charge < -0.3 is 4.74 Å². The second-order valence-corrected chi connectivity index (χ2v) is 6.37. The molecular weight excluding hydrogens is 406 g/mol. The van der Waals surface area contributed by atoms with Crippen molar-refractivity contribution < 1.29 is 19.1 Å².